The fraction of sp³-hybridized carbons (Fsp3) is 0.533. The minimum absolute atomic E-state index is 0.0104. The molecule has 1 aromatic carbocycles. The molecular weight excluding hydrogens is 248 g/mol. The minimum atomic E-state index is 0.0104. The number of halogens is 1. The van der Waals surface area contributed by atoms with Gasteiger partial charge in [0, 0.05) is 5.56 Å². The lowest BCUT2D eigenvalue weighted by atomic mass is 9.91. The summed E-state index contributed by atoms with van der Waals surface area (Å²) in [7, 11) is 0. The topological polar surface area (TPSA) is 26.3 Å². The van der Waals surface area contributed by atoms with Crippen molar-refractivity contribution in [2.24, 2.45) is 5.41 Å². The van der Waals surface area contributed by atoms with Crippen LogP contribution in [0.4, 0.5) is 0 Å². The molecule has 0 aromatic heterocycles. The van der Waals surface area contributed by atoms with Gasteiger partial charge in [-0.2, -0.15) is 0 Å². The Morgan fingerprint density at radius 3 is 2.50 bits per heavy atom. The van der Waals surface area contributed by atoms with Crippen molar-refractivity contribution in [2.45, 2.75) is 40.5 Å². The summed E-state index contributed by atoms with van der Waals surface area (Å²) in [6, 6.07) is 5.16. The summed E-state index contributed by atoms with van der Waals surface area (Å²) in [5.74, 6) is 0.659. The predicted octanol–water partition coefficient (Wildman–Crippen LogP) is 4.75. The van der Waals surface area contributed by atoms with Crippen LogP contribution in [-0.4, -0.2) is 12.4 Å². The lowest BCUT2D eigenvalue weighted by molar-refractivity contribution is 0.101. The summed E-state index contributed by atoms with van der Waals surface area (Å²) in [6.07, 6.45) is 2.10. The third kappa shape index (κ3) is 5.09. The number of carbonyl (C=O) groups excluding carboxylic acids is 1. The molecule has 0 N–H and O–H groups in total. The van der Waals surface area contributed by atoms with Gasteiger partial charge in [-0.3, -0.25) is 4.79 Å². The van der Waals surface area contributed by atoms with Crippen LogP contribution in [0, 0.1) is 5.41 Å². The first-order chi connectivity index (χ1) is 8.29. The summed E-state index contributed by atoms with van der Waals surface area (Å²) < 4.78 is 5.62. The zero-order valence-electron chi connectivity index (χ0n) is 11.5. The molecule has 0 aliphatic rings. The number of carbonyl (C=O) groups is 1. The van der Waals surface area contributed by atoms with Crippen LogP contribution < -0.4 is 4.74 Å². The Morgan fingerprint density at radius 1 is 1.33 bits per heavy atom. The van der Waals surface area contributed by atoms with Crippen molar-refractivity contribution in [1.82, 2.24) is 0 Å². The monoisotopic (exact) mass is 268 g/mol. The van der Waals surface area contributed by atoms with Gasteiger partial charge in [0.2, 0.25) is 0 Å². The van der Waals surface area contributed by atoms with Crippen LogP contribution in [0.3, 0.4) is 0 Å². The highest BCUT2D eigenvalue weighted by molar-refractivity contribution is 6.32. The van der Waals surface area contributed by atoms with E-state index in [1.54, 1.807) is 18.2 Å². The van der Waals surface area contributed by atoms with Crippen LogP contribution in [-0.2, 0) is 0 Å². The lowest BCUT2D eigenvalue weighted by Gasteiger charge is -2.18. The normalized spacial score (nSPS) is 11.4. The maximum Gasteiger partial charge on any atom is 0.159 e. The molecule has 2 nitrogen and oxygen atoms in total. The highest BCUT2D eigenvalue weighted by Gasteiger charge is 2.10. The van der Waals surface area contributed by atoms with Crippen LogP contribution >= 0.6 is 11.6 Å². The van der Waals surface area contributed by atoms with Crippen molar-refractivity contribution in [3.8, 4) is 5.75 Å². The first kappa shape index (κ1) is 15.0. The molecule has 0 unspecified atom stereocenters. The van der Waals surface area contributed by atoms with Gasteiger partial charge in [0.15, 0.2) is 5.78 Å². The standard InChI is InChI=1S/C15H21ClO2/c1-11(17)12-6-7-14(13(16)10-12)18-9-5-8-15(2,3)4/h6-7,10H,5,8-9H2,1-4H3. The zero-order valence-corrected chi connectivity index (χ0v) is 12.3. The number of ketones is 1. The second-order valence-corrected chi connectivity index (χ2v) is 6.12. The second kappa shape index (κ2) is 6.24. The van der Waals surface area contributed by atoms with E-state index in [0.29, 0.717) is 28.4 Å². The van der Waals surface area contributed by atoms with Crippen molar-refractivity contribution in [3.63, 3.8) is 0 Å². The number of benzene rings is 1. The third-order valence-electron chi connectivity index (χ3n) is 2.67. The molecule has 0 radical (unpaired) electrons. The maximum absolute atomic E-state index is 11.2. The molecular formula is C15H21ClO2. The average Bonchev–Trinajstić information content (AvgIpc) is 2.24. The number of hydrogen-bond donors (Lipinski definition) is 0. The van der Waals surface area contributed by atoms with Gasteiger partial charge in [-0.15, -0.1) is 0 Å². The van der Waals surface area contributed by atoms with Crippen molar-refractivity contribution in [2.75, 3.05) is 6.61 Å². The van der Waals surface area contributed by atoms with E-state index in [1.165, 1.54) is 6.92 Å². The number of Topliss-reactive ketones (excluding diaryl/α,β-unsaturated/α-hetero) is 1. The third-order valence-corrected chi connectivity index (χ3v) is 2.96. The summed E-state index contributed by atoms with van der Waals surface area (Å²) in [5, 5.41) is 0.499. The van der Waals surface area contributed by atoms with Crippen LogP contribution in [0.25, 0.3) is 0 Å². The molecule has 0 aliphatic carbocycles. The highest BCUT2D eigenvalue weighted by atomic mass is 35.5. The smallest absolute Gasteiger partial charge is 0.159 e. The summed E-state index contributed by atoms with van der Waals surface area (Å²) >= 11 is 6.07. The lowest BCUT2D eigenvalue weighted by Crippen LogP contribution is -2.08. The van der Waals surface area contributed by atoms with Crippen molar-refractivity contribution >= 4 is 17.4 Å². The van der Waals surface area contributed by atoms with Crippen LogP contribution in [0.2, 0.25) is 5.02 Å². The Balaban J connectivity index is 2.51. The Labute approximate surface area is 114 Å². The summed E-state index contributed by atoms with van der Waals surface area (Å²) in [5.41, 5.74) is 0.938. The molecule has 0 amide bonds. The molecule has 0 spiro atoms. The summed E-state index contributed by atoms with van der Waals surface area (Å²) in [4.78, 5) is 11.2. The van der Waals surface area contributed by atoms with E-state index < -0.39 is 0 Å². The Kier molecular flexibility index (Phi) is 5.21. The van der Waals surface area contributed by atoms with Crippen molar-refractivity contribution in [3.05, 3.63) is 28.8 Å². The molecule has 0 bridgehead atoms. The first-order valence-electron chi connectivity index (χ1n) is 6.23. The average molecular weight is 269 g/mol. The van der Waals surface area contributed by atoms with Gasteiger partial charge < -0.3 is 4.74 Å². The van der Waals surface area contributed by atoms with E-state index in [0.717, 1.165) is 12.8 Å². The fourth-order valence-electron chi connectivity index (χ4n) is 1.62. The number of rotatable bonds is 5. The van der Waals surface area contributed by atoms with E-state index in [-0.39, 0.29) is 5.78 Å². The summed E-state index contributed by atoms with van der Waals surface area (Å²) in [6.45, 7) is 8.80. The highest BCUT2D eigenvalue weighted by Crippen LogP contribution is 2.26. The number of ether oxygens (including phenoxy) is 1. The maximum atomic E-state index is 11.2. The Bertz CT molecular complexity index is 419. The zero-order chi connectivity index (χ0) is 13.8. The Hall–Kier alpha value is -1.02. The molecule has 0 fully saturated rings. The molecule has 18 heavy (non-hydrogen) atoms. The van der Waals surface area contributed by atoms with E-state index in [9.17, 15) is 4.79 Å². The molecule has 1 aromatic rings. The van der Waals surface area contributed by atoms with Gasteiger partial charge in [0.1, 0.15) is 5.75 Å². The van der Waals surface area contributed by atoms with Crippen LogP contribution in [0.15, 0.2) is 18.2 Å². The quantitative estimate of drug-likeness (QED) is 0.569. The molecule has 0 aliphatic heterocycles. The van der Waals surface area contributed by atoms with Gasteiger partial charge in [-0.25, -0.2) is 0 Å². The molecule has 3 heteroatoms. The second-order valence-electron chi connectivity index (χ2n) is 5.71. The molecule has 0 heterocycles. The van der Waals surface area contributed by atoms with Crippen LogP contribution in [0.5, 0.6) is 5.75 Å². The molecule has 1 rings (SSSR count). The van der Waals surface area contributed by atoms with Gasteiger partial charge >= 0.3 is 0 Å². The van der Waals surface area contributed by atoms with Gasteiger partial charge in [-0.05, 0) is 43.4 Å². The largest absolute Gasteiger partial charge is 0.492 e. The first-order valence-corrected chi connectivity index (χ1v) is 6.61. The van der Waals surface area contributed by atoms with E-state index in [1.807, 2.05) is 0 Å². The fourth-order valence-corrected chi connectivity index (χ4v) is 1.86. The van der Waals surface area contributed by atoms with Crippen molar-refractivity contribution in [1.29, 1.82) is 0 Å². The molecule has 0 saturated carbocycles. The van der Waals surface area contributed by atoms with E-state index in [2.05, 4.69) is 20.8 Å². The Morgan fingerprint density at radius 2 is 2.00 bits per heavy atom. The number of hydrogen-bond acceptors (Lipinski definition) is 2. The van der Waals surface area contributed by atoms with E-state index in [4.69, 9.17) is 16.3 Å². The predicted molar refractivity (Wildman–Crippen MR) is 75.6 cm³/mol. The van der Waals surface area contributed by atoms with E-state index >= 15 is 0 Å². The molecule has 0 saturated heterocycles. The molecule has 100 valence electrons. The SMILES string of the molecule is CC(=O)c1ccc(OCCCC(C)(C)C)c(Cl)c1. The van der Waals surface area contributed by atoms with Crippen molar-refractivity contribution < 1.29 is 9.53 Å². The minimum Gasteiger partial charge on any atom is -0.492 e. The van der Waals surface area contributed by atoms with Gasteiger partial charge in [0.25, 0.3) is 0 Å². The van der Waals surface area contributed by atoms with Crippen LogP contribution in [0.1, 0.15) is 50.9 Å². The van der Waals surface area contributed by atoms with Gasteiger partial charge in [-0.1, -0.05) is 32.4 Å². The molecule has 0 atom stereocenters. The van der Waals surface area contributed by atoms with Gasteiger partial charge in [0.05, 0.1) is 11.6 Å².